The van der Waals surface area contributed by atoms with E-state index in [9.17, 15) is 9.59 Å². The molecule has 5 nitrogen and oxygen atoms in total. The van der Waals surface area contributed by atoms with E-state index >= 15 is 0 Å². The lowest BCUT2D eigenvalue weighted by Gasteiger charge is -2.31. The molecule has 0 aliphatic carbocycles. The van der Waals surface area contributed by atoms with Crippen molar-refractivity contribution in [3.05, 3.63) is 29.8 Å². The van der Waals surface area contributed by atoms with Gasteiger partial charge in [-0.3, -0.25) is 9.59 Å². The maximum absolute atomic E-state index is 12.4. The van der Waals surface area contributed by atoms with Gasteiger partial charge in [0.1, 0.15) is 0 Å². The van der Waals surface area contributed by atoms with Crippen molar-refractivity contribution in [1.29, 1.82) is 0 Å². The van der Waals surface area contributed by atoms with E-state index in [2.05, 4.69) is 5.32 Å². The summed E-state index contributed by atoms with van der Waals surface area (Å²) in [7, 11) is 0. The van der Waals surface area contributed by atoms with Gasteiger partial charge in [-0.2, -0.15) is 0 Å². The lowest BCUT2D eigenvalue weighted by Crippen LogP contribution is -2.39. The first kappa shape index (κ1) is 14.5. The zero-order chi connectivity index (χ0) is 14.5. The van der Waals surface area contributed by atoms with E-state index in [1.165, 1.54) is 6.92 Å². The van der Waals surface area contributed by atoms with E-state index in [1.54, 1.807) is 29.2 Å². The van der Waals surface area contributed by atoms with Crippen molar-refractivity contribution in [2.45, 2.75) is 19.8 Å². The van der Waals surface area contributed by atoms with E-state index in [1.807, 2.05) is 0 Å². The molecule has 20 heavy (non-hydrogen) atoms. The van der Waals surface area contributed by atoms with E-state index in [0.717, 1.165) is 12.8 Å². The molecule has 1 aromatic carbocycles. The highest BCUT2D eigenvalue weighted by atomic mass is 16.3. The van der Waals surface area contributed by atoms with Crippen molar-refractivity contribution in [1.82, 2.24) is 4.90 Å². The molecule has 0 aromatic heterocycles. The molecule has 0 bridgehead atoms. The molecule has 1 aliphatic heterocycles. The van der Waals surface area contributed by atoms with Gasteiger partial charge in [0.25, 0.3) is 5.91 Å². The SMILES string of the molecule is CC(=O)Nc1cccc(C(=O)N2CCC(CO)CC2)c1. The second-order valence-electron chi connectivity index (χ2n) is 5.18. The summed E-state index contributed by atoms with van der Waals surface area (Å²) in [5, 5.41) is 11.8. The van der Waals surface area contributed by atoms with Gasteiger partial charge >= 0.3 is 0 Å². The first-order chi connectivity index (χ1) is 9.60. The third-order valence-corrected chi connectivity index (χ3v) is 3.59. The van der Waals surface area contributed by atoms with Crippen LogP contribution in [0, 0.1) is 5.92 Å². The predicted octanol–water partition coefficient (Wildman–Crippen LogP) is 1.49. The van der Waals surface area contributed by atoms with E-state index in [4.69, 9.17) is 5.11 Å². The topological polar surface area (TPSA) is 69.6 Å². The molecule has 0 atom stereocenters. The molecule has 0 unspecified atom stereocenters. The van der Waals surface area contributed by atoms with Crippen LogP contribution in [0.1, 0.15) is 30.1 Å². The monoisotopic (exact) mass is 276 g/mol. The Balaban J connectivity index is 2.04. The maximum Gasteiger partial charge on any atom is 0.253 e. The molecule has 2 N–H and O–H groups in total. The zero-order valence-corrected chi connectivity index (χ0v) is 11.6. The third kappa shape index (κ3) is 3.57. The Labute approximate surface area is 118 Å². The summed E-state index contributed by atoms with van der Waals surface area (Å²) in [5.74, 6) is 0.136. The quantitative estimate of drug-likeness (QED) is 0.878. The van der Waals surface area contributed by atoms with Crippen molar-refractivity contribution in [2.75, 3.05) is 25.0 Å². The Hall–Kier alpha value is -1.88. The molecule has 1 saturated heterocycles. The molecule has 2 rings (SSSR count). The fourth-order valence-electron chi connectivity index (χ4n) is 2.43. The Morgan fingerprint density at radius 1 is 1.35 bits per heavy atom. The molecule has 0 saturated carbocycles. The minimum atomic E-state index is -0.154. The number of nitrogens with one attached hydrogen (secondary N) is 1. The Kier molecular flexibility index (Phi) is 4.74. The standard InChI is InChI=1S/C15H20N2O3/c1-11(19)16-14-4-2-3-13(9-14)15(20)17-7-5-12(10-18)6-8-17/h2-4,9,12,18H,5-8,10H2,1H3,(H,16,19). The van der Waals surface area contributed by atoms with Crippen molar-refractivity contribution in [3.63, 3.8) is 0 Å². The number of piperidine rings is 1. The lowest BCUT2D eigenvalue weighted by atomic mass is 9.97. The molecule has 2 amide bonds. The molecule has 1 aliphatic rings. The molecule has 5 heteroatoms. The number of anilines is 1. The molecule has 1 aromatic rings. The molecular formula is C15H20N2O3. The highest BCUT2D eigenvalue weighted by Crippen LogP contribution is 2.19. The Bertz CT molecular complexity index is 494. The van der Waals surface area contributed by atoms with Gasteiger partial charge in [0.15, 0.2) is 0 Å². The first-order valence-electron chi connectivity index (χ1n) is 6.88. The fraction of sp³-hybridized carbons (Fsp3) is 0.467. The van der Waals surface area contributed by atoms with Crippen LogP contribution in [0.4, 0.5) is 5.69 Å². The van der Waals surface area contributed by atoms with Crippen LogP contribution in [0.15, 0.2) is 24.3 Å². The molecule has 108 valence electrons. The average Bonchev–Trinajstić information content (AvgIpc) is 2.46. The van der Waals surface area contributed by atoms with Crippen LogP contribution in [0.3, 0.4) is 0 Å². The van der Waals surface area contributed by atoms with Crippen LogP contribution in [0.2, 0.25) is 0 Å². The summed E-state index contributed by atoms with van der Waals surface area (Å²) in [5.41, 5.74) is 1.22. The van der Waals surface area contributed by atoms with Crippen molar-refractivity contribution < 1.29 is 14.7 Å². The number of rotatable bonds is 3. The van der Waals surface area contributed by atoms with Crippen molar-refractivity contribution in [2.24, 2.45) is 5.92 Å². The number of hydrogen-bond acceptors (Lipinski definition) is 3. The first-order valence-corrected chi connectivity index (χ1v) is 6.88. The highest BCUT2D eigenvalue weighted by Gasteiger charge is 2.23. The van der Waals surface area contributed by atoms with Gasteiger partial charge in [0.2, 0.25) is 5.91 Å². The van der Waals surface area contributed by atoms with Gasteiger partial charge < -0.3 is 15.3 Å². The van der Waals surface area contributed by atoms with Crippen LogP contribution in [-0.4, -0.2) is 41.5 Å². The van der Waals surface area contributed by atoms with Gasteiger partial charge in [0, 0.05) is 37.9 Å². The second kappa shape index (κ2) is 6.52. The van der Waals surface area contributed by atoms with Gasteiger partial charge in [-0.05, 0) is 37.0 Å². The molecule has 0 spiro atoms. The number of nitrogens with zero attached hydrogens (tertiary/aromatic N) is 1. The molecule has 1 fully saturated rings. The van der Waals surface area contributed by atoms with Crippen LogP contribution in [0.25, 0.3) is 0 Å². The minimum Gasteiger partial charge on any atom is -0.396 e. The summed E-state index contributed by atoms with van der Waals surface area (Å²) in [4.78, 5) is 25.2. The molecule has 1 heterocycles. The summed E-state index contributed by atoms with van der Waals surface area (Å²) in [6, 6.07) is 6.98. The number of likely N-dealkylation sites (tertiary alicyclic amines) is 1. The van der Waals surface area contributed by atoms with Gasteiger partial charge in [0.05, 0.1) is 0 Å². The smallest absolute Gasteiger partial charge is 0.253 e. The number of amides is 2. The van der Waals surface area contributed by atoms with Crippen LogP contribution < -0.4 is 5.32 Å². The Morgan fingerprint density at radius 3 is 2.65 bits per heavy atom. The number of aliphatic hydroxyl groups excluding tert-OH is 1. The number of benzene rings is 1. The van der Waals surface area contributed by atoms with E-state index in [0.29, 0.717) is 30.3 Å². The van der Waals surface area contributed by atoms with Crippen LogP contribution in [0.5, 0.6) is 0 Å². The zero-order valence-electron chi connectivity index (χ0n) is 11.6. The van der Waals surface area contributed by atoms with Crippen molar-refractivity contribution >= 4 is 17.5 Å². The predicted molar refractivity (Wildman–Crippen MR) is 76.5 cm³/mol. The van der Waals surface area contributed by atoms with Crippen molar-refractivity contribution in [3.8, 4) is 0 Å². The fourth-order valence-corrected chi connectivity index (χ4v) is 2.43. The summed E-state index contributed by atoms with van der Waals surface area (Å²) < 4.78 is 0. The molecular weight excluding hydrogens is 256 g/mol. The summed E-state index contributed by atoms with van der Waals surface area (Å²) in [6.45, 7) is 2.98. The van der Waals surface area contributed by atoms with E-state index in [-0.39, 0.29) is 18.4 Å². The third-order valence-electron chi connectivity index (χ3n) is 3.59. The largest absolute Gasteiger partial charge is 0.396 e. The second-order valence-corrected chi connectivity index (χ2v) is 5.18. The van der Waals surface area contributed by atoms with Gasteiger partial charge in [-0.15, -0.1) is 0 Å². The van der Waals surface area contributed by atoms with Crippen LogP contribution >= 0.6 is 0 Å². The van der Waals surface area contributed by atoms with Gasteiger partial charge in [-0.1, -0.05) is 6.07 Å². The minimum absolute atomic E-state index is 0.0198. The lowest BCUT2D eigenvalue weighted by molar-refractivity contribution is -0.114. The average molecular weight is 276 g/mol. The molecule has 0 radical (unpaired) electrons. The number of carbonyl (C=O) groups is 2. The van der Waals surface area contributed by atoms with E-state index < -0.39 is 0 Å². The Morgan fingerprint density at radius 2 is 2.05 bits per heavy atom. The van der Waals surface area contributed by atoms with Crippen LogP contribution in [-0.2, 0) is 4.79 Å². The number of aliphatic hydroxyl groups is 1. The number of hydrogen-bond donors (Lipinski definition) is 2. The summed E-state index contributed by atoms with van der Waals surface area (Å²) >= 11 is 0. The van der Waals surface area contributed by atoms with Gasteiger partial charge in [-0.25, -0.2) is 0 Å². The summed E-state index contributed by atoms with van der Waals surface area (Å²) in [6.07, 6.45) is 1.68. The number of carbonyl (C=O) groups excluding carboxylic acids is 2. The maximum atomic E-state index is 12.4. The normalized spacial score (nSPS) is 16.0. The highest BCUT2D eigenvalue weighted by molar-refractivity contribution is 5.96.